The van der Waals surface area contributed by atoms with E-state index in [0.29, 0.717) is 24.1 Å². The van der Waals surface area contributed by atoms with Crippen LogP contribution in [0.25, 0.3) is 0 Å². The van der Waals surface area contributed by atoms with Crippen molar-refractivity contribution in [2.75, 3.05) is 20.1 Å². The van der Waals surface area contributed by atoms with E-state index >= 15 is 0 Å². The van der Waals surface area contributed by atoms with Crippen LogP contribution in [0.4, 0.5) is 0 Å². The third-order valence-corrected chi connectivity index (χ3v) is 7.22. The summed E-state index contributed by atoms with van der Waals surface area (Å²) in [5, 5.41) is 0. The van der Waals surface area contributed by atoms with E-state index in [9.17, 15) is 9.59 Å². The summed E-state index contributed by atoms with van der Waals surface area (Å²) in [6.07, 6.45) is 6.15. The lowest BCUT2D eigenvalue weighted by Gasteiger charge is -2.39. The van der Waals surface area contributed by atoms with Crippen LogP contribution < -0.4 is 0 Å². The van der Waals surface area contributed by atoms with Crippen molar-refractivity contribution in [1.29, 1.82) is 0 Å². The Labute approximate surface area is 186 Å². The van der Waals surface area contributed by atoms with E-state index in [1.807, 2.05) is 48.0 Å². The number of hydrogen-bond donors (Lipinski definition) is 0. The molecule has 1 unspecified atom stereocenters. The van der Waals surface area contributed by atoms with Crippen LogP contribution in [-0.2, 0) is 4.79 Å². The number of hydrogen-bond acceptors (Lipinski definition) is 2. The maximum Gasteiger partial charge on any atom is 0.253 e. The Morgan fingerprint density at radius 2 is 1.58 bits per heavy atom. The molecule has 0 radical (unpaired) electrons. The van der Waals surface area contributed by atoms with Crippen molar-refractivity contribution in [3.63, 3.8) is 0 Å². The van der Waals surface area contributed by atoms with Gasteiger partial charge in [-0.05, 0) is 69.1 Å². The molecule has 1 saturated heterocycles. The second-order valence-electron chi connectivity index (χ2n) is 9.32. The molecular formula is C27H34N2O2. The predicted molar refractivity (Wildman–Crippen MR) is 124 cm³/mol. The maximum atomic E-state index is 13.3. The lowest BCUT2D eigenvalue weighted by molar-refractivity contribution is -0.138. The van der Waals surface area contributed by atoms with Crippen molar-refractivity contribution < 1.29 is 9.59 Å². The monoisotopic (exact) mass is 418 g/mol. The van der Waals surface area contributed by atoms with E-state index in [4.69, 9.17) is 0 Å². The Hall–Kier alpha value is -2.62. The Balaban J connectivity index is 1.33. The third kappa shape index (κ3) is 5.00. The number of nitrogens with zero attached hydrogens (tertiary/aromatic N) is 2. The molecule has 1 saturated carbocycles. The first-order chi connectivity index (χ1) is 15.0. The van der Waals surface area contributed by atoms with Gasteiger partial charge in [-0.15, -0.1) is 0 Å². The van der Waals surface area contributed by atoms with Gasteiger partial charge in [-0.2, -0.15) is 0 Å². The SMILES string of the molecule is Cc1ccc(C(=O)N2CCCC(C(=O)N(C)C3CCC(c4ccccc4)CC3)C2)cc1. The fourth-order valence-electron chi connectivity index (χ4n) is 5.23. The highest BCUT2D eigenvalue weighted by Gasteiger charge is 2.34. The van der Waals surface area contributed by atoms with E-state index < -0.39 is 0 Å². The van der Waals surface area contributed by atoms with Gasteiger partial charge in [0.1, 0.15) is 0 Å². The molecule has 164 valence electrons. The van der Waals surface area contributed by atoms with Crippen molar-refractivity contribution in [1.82, 2.24) is 9.80 Å². The van der Waals surface area contributed by atoms with Crippen LogP contribution in [0, 0.1) is 12.8 Å². The molecule has 0 N–H and O–H groups in total. The van der Waals surface area contributed by atoms with E-state index in [0.717, 1.165) is 50.6 Å². The maximum absolute atomic E-state index is 13.3. The highest BCUT2D eigenvalue weighted by atomic mass is 16.2. The molecule has 2 amide bonds. The van der Waals surface area contributed by atoms with Gasteiger partial charge in [-0.1, -0.05) is 48.0 Å². The second-order valence-corrected chi connectivity index (χ2v) is 9.32. The lowest BCUT2D eigenvalue weighted by Crippen LogP contribution is -2.48. The smallest absolute Gasteiger partial charge is 0.253 e. The Morgan fingerprint density at radius 3 is 2.26 bits per heavy atom. The van der Waals surface area contributed by atoms with Crippen molar-refractivity contribution in [2.24, 2.45) is 5.92 Å². The van der Waals surface area contributed by atoms with Crippen LogP contribution in [0.2, 0.25) is 0 Å². The van der Waals surface area contributed by atoms with Crippen LogP contribution in [-0.4, -0.2) is 47.8 Å². The van der Waals surface area contributed by atoms with Gasteiger partial charge in [0.2, 0.25) is 5.91 Å². The zero-order chi connectivity index (χ0) is 21.8. The van der Waals surface area contributed by atoms with Gasteiger partial charge < -0.3 is 9.80 Å². The van der Waals surface area contributed by atoms with Gasteiger partial charge in [0, 0.05) is 31.7 Å². The van der Waals surface area contributed by atoms with Crippen molar-refractivity contribution in [3.05, 3.63) is 71.3 Å². The van der Waals surface area contributed by atoms with Crippen molar-refractivity contribution in [2.45, 2.75) is 57.4 Å². The van der Waals surface area contributed by atoms with Crippen LogP contribution in [0.1, 0.15) is 65.9 Å². The van der Waals surface area contributed by atoms with Crippen LogP contribution >= 0.6 is 0 Å². The number of piperidine rings is 1. The molecular weight excluding hydrogens is 384 g/mol. The average molecular weight is 419 g/mol. The van der Waals surface area contributed by atoms with Gasteiger partial charge >= 0.3 is 0 Å². The predicted octanol–water partition coefficient (Wildman–Crippen LogP) is 5.03. The first kappa shape index (κ1) is 21.6. The minimum Gasteiger partial charge on any atom is -0.342 e. The summed E-state index contributed by atoms with van der Waals surface area (Å²) >= 11 is 0. The molecule has 2 fully saturated rings. The number of rotatable bonds is 4. The number of amides is 2. The fraction of sp³-hybridized carbons (Fsp3) is 0.481. The Morgan fingerprint density at radius 1 is 0.903 bits per heavy atom. The van der Waals surface area contributed by atoms with Gasteiger partial charge in [0.25, 0.3) is 5.91 Å². The van der Waals surface area contributed by atoms with Crippen LogP contribution in [0.5, 0.6) is 0 Å². The molecule has 1 aliphatic carbocycles. The Bertz CT molecular complexity index is 885. The average Bonchev–Trinajstić information content (AvgIpc) is 2.84. The number of likely N-dealkylation sites (tertiary alicyclic amines) is 1. The second kappa shape index (κ2) is 9.67. The molecule has 1 atom stereocenters. The van der Waals surface area contributed by atoms with Gasteiger partial charge in [0.15, 0.2) is 0 Å². The van der Waals surface area contributed by atoms with E-state index in [1.165, 1.54) is 5.56 Å². The summed E-state index contributed by atoms with van der Waals surface area (Å²) in [7, 11) is 1.97. The normalized spacial score (nSPS) is 23.9. The molecule has 0 spiro atoms. The topological polar surface area (TPSA) is 40.6 Å². The summed E-state index contributed by atoms with van der Waals surface area (Å²) in [5.74, 6) is 0.784. The largest absolute Gasteiger partial charge is 0.342 e. The summed E-state index contributed by atoms with van der Waals surface area (Å²) < 4.78 is 0. The quantitative estimate of drug-likeness (QED) is 0.699. The molecule has 1 aliphatic heterocycles. The van der Waals surface area contributed by atoms with Crippen molar-refractivity contribution in [3.8, 4) is 0 Å². The number of carbonyl (C=O) groups is 2. The number of carbonyl (C=O) groups excluding carboxylic acids is 2. The highest BCUT2D eigenvalue weighted by Crippen LogP contribution is 2.35. The van der Waals surface area contributed by atoms with Crippen molar-refractivity contribution >= 4 is 11.8 Å². The zero-order valence-corrected chi connectivity index (χ0v) is 18.8. The first-order valence-electron chi connectivity index (χ1n) is 11.7. The van der Waals surface area contributed by atoms with Gasteiger partial charge in [-0.3, -0.25) is 9.59 Å². The minimum atomic E-state index is -0.0833. The summed E-state index contributed by atoms with van der Waals surface area (Å²) in [5.41, 5.74) is 3.28. The summed E-state index contributed by atoms with van der Waals surface area (Å²) in [6, 6.07) is 18.8. The lowest BCUT2D eigenvalue weighted by atomic mass is 9.81. The van der Waals surface area contributed by atoms with Crippen LogP contribution in [0.3, 0.4) is 0 Å². The molecule has 4 heteroatoms. The Kier molecular flexibility index (Phi) is 6.74. The molecule has 4 nitrogen and oxygen atoms in total. The summed E-state index contributed by atoms with van der Waals surface area (Å²) in [4.78, 5) is 30.1. The molecule has 2 aliphatic rings. The zero-order valence-electron chi connectivity index (χ0n) is 18.8. The molecule has 0 bridgehead atoms. The molecule has 4 rings (SSSR count). The van der Waals surface area contributed by atoms with Gasteiger partial charge in [0.05, 0.1) is 5.92 Å². The molecule has 2 aromatic carbocycles. The van der Waals surface area contributed by atoms with E-state index in [1.54, 1.807) is 0 Å². The van der Waals surface area contributed by atoms with E-state index in [-0.39, 0.29) is 17.7 Å². The van der Waals surface area contributed by atoms with Gasteiger partial charge in [-0.25, -0.2) is 0 Å². The number of aryl methyl sites for hydroxylation is 1. The molecule has 0 aromatic heterocycles. The van der Waals surface area contributed by atoms with Crippen LogP contribution in [0.15, 0.2) is 54.6 Å². The van der Waals surface area contributed by atoms with E-state index in [2.05, 4.69) is 30.3 Å². The molecule has 2 aromatic rings. The summed E-state index contributed by atoms with van der Waals surface area (Å²) in [6.45, 7) is 3.30. The molecule has 1 heterocycles. The third-order valence-electron chi connectivity index (χ3n) is 7.22. The highest BCUT2D eigenvalue weighted by molar-refractivity contribution is 5.94. The first-order valence-corrected chi connectivity index (χ1v) is 11.7. The minimum absolute atomic E-state index is 0.0449. The molecule has 31 heavy (non-hydrogen) atoms. The standard InChI is InChI=1S/C27H34N2O2/c1-20-10-12-23(13-11-20)27(31)29-18-6-9-24(19-29)26(30)28(2)25-16-14-22(15-17-25)21-7-4-3-5-8-21/h3-5,7-8,10-13,22,24-25H,6,9,14-19H2,1-2H3. The fourth-order valence-corrected chi connectivity index (χ4v) is 5.23. The number of benzene rings is 2.